The Morgan fingerprint density at radius 3 is 2.57 bits per heavy atom. The molecule has 0 bridgehead atoms. The SMILES string of the molecule is O=C(CCNC1CC1)NCC1CCC1. The Kier molecular flexibility index (Phi) is 3.40. The van der Waals surface area contributed by atoms with Crippen LogP contribution in [0, 0.1) is 5.92 Å². The van der Waals surface area contributed by atoms with Gasteiger partial charge < -0.3 is 10.6 Å². The third kappa shape index (κ3) is 3.29. The molecule has 0 aromatic rings. The fraction of sp³-hybridized carbons (Fsp3) is 0.909. The lowest BCUT2D eigenvalue weighted by Crippen LogP contribution is -2.34. The van der Waals surface area contributed by atoms with Crippen molar-refractivity contribution in [3.05, 3.63) is 0 Å². The van der Waals surface area contributed by atoms with Crippen LogP contribution in [0.4, 0.5) is 0 Å². The lowest BCUT2D eigenvalue weighted by Gasteiger charge is -2.25. The van der Waals surface area contributed by atoms with Crippen molar-refractivity contribution in [2.45, 2.75) is 44.6 Å². The molecule has 1 amide bonds. The van der Waals surface area contributed by atoms with Gasteiger partial charge in [-0.3, -0.25) is 4.79 Å². The topological polar surface area (TPSA) is 41.1 Å². The second kappa shape index (κ2) is 4.78. The van der Waals surface area contributed by atoms with Gasteiger partial charge in [-0.15, -0.1) is 0 Å². The van der Waals surface area contributed by atoms with Gasteiger partial charge in [0.05, 0.1) is 0 Å². The summed E-state index contributed by atoms with van der Waals surface area (Å²) in [5.41, 5.74) is 0. The molecule has 2 N–H and O–H groups in total. The largest absolute Gasteiger partial charge is 0.356 e. The molecule has 2 aliphatic carbocycles. The summed E-state index contributed by atoms with van der Waals surface area (Å²) in [6.45, 7) is 1.75. The predicted octanol–water partition coefficient (Wildman–Crippen LogP) is 1.04. The van der Waals surface area contributed by atoms with Gasteiger partial charge in [-0.05, 0) is 31.6 Å². The molecule has 0 unspecified atom stereocenters. The van der Waals surface area contributed by atoms with E-state index in [-0.39, 0.29) is 5.91 Å². The zero-order valence-electron chi connectivity index (χ0n) is 8.72. The van der Waals surface area contributed by atoms with E-state index in [9.17, 15) is 4.79 Å². The van der Waals surface area contributed by atoms with E-state index in [1.807, 2.05) is 0 Å². The van der Waals surface area contributed by atoms with Crippen molar-refractivity contribution in [3.63, 3.8) is 0 Å². The van der Waals surface area contributed by atoms with E-state index in [1.165, 1.54) is 32.1 Å². The highest BCUT2D eigenvalue weighted by Crippen LogP contribution is 2.25. The zero-order valence-corrected chi connectivity index (χ0v) is 8.72. The Balaban J connectivity index is 1.45. The number of carbonyl (C=O) groups is 1. The first-order valence-corrected chi connectivity index (χ1v) is 5.84. The van der Waals surface area contributed by atoms with Gasteiger partial charge in [0.1, 0.15) is 0 Å². The molecule has 0 aliphatic heterocycles. The molecule has 2 aliphatic rings. The van der Waals surface area contributed by atoms with Crippen LogP contribution in [0.2, 0.25) is 0 Å². The van der Waals surface area contributed by atoms with Gasteiger partial charge in [-0.25, -0.2) is 0 Å². The van der Waals surface area contributed by atoms with Crippen LogP contribution in [0.1, 0.15) is 38.5 Å². The number of nitrogens with one attached hydrogen (secondary N) is 2. The third-order valence-electron chi connectivity index (χ3n) is 3.18. The van der Waals surface area contributed by atoms with Crippen LogP contribution in [0.5, 0.6) is 0 Å². The van der Waals surface area contributed by atoms with E-state index >= 15 is 0 Å². The second-order valence-electron chi connectivity index (χ2n) is 4.58. The van der Waals surface area contributed by atoms with Crippen LogP contribution in [0.15, 0.2) is 0 Å². The molecule has 2 saturated carbocycles. The van der Waals surface area contributed by atoms with E-state index in [2.05, 4.69) is 10.6 Å². The molecule has 0 aromatic heterocycles. The Morgan fingerprint density at radius 1 is 1.21 bits per heavy atom. The molecule has 14 heavy (non-hydrogen) atoms. The molecule has 0 atom stereocenters. The summed E-state index contributed by atoms with van der Waals surface area (Å²) in [6, 6.07) is 0.717. The molecule has 0 saturated heterocycles. The maximum absolute atomic E-state index is 11.3. The van der Waals surface area contributed by atoms with E-state index < -0.39 is 0 Å². The van der Waals surface area contributed by atoms with E-state index in [0.717, 1.165) is 25.0 Å². The van der Waals surface area contributed by atoms with Gasteiger partial charge in [-0.1, -0.05) is 6.42 Å². The highest BCUT2D eigenvalue weighted by molar-refractivity contribution is 5.76. The van der Waals surface area contributed by atoms with Crippen molar-refractivity contribution < 1.29 is 4.79 Å². The molecule has 0 radical (unpaired) electrons. The standard InChI is InChI=1S/C11H20N2O/c14-11(6-7-12-10-4-5-10)13-8-9-2-1-3-9/h9-10,12H,1-8H2,(H,13,14). The molecule has 0 aromatic carbocycles. The molecule has 0 spiro atoms. The van der Waals surface area contributed by atoms with Gasteiger partial charge in [0, 0.05) is 25.6 Å². The summed E-state index contributed by atoms with van der Waals surface area (Å²) in [5, 5.41) is 6.34. The van der Waals surface area contributed by atoms with Crippen LogP contribution in [0.3, 0.4) is 0 Å². The number of carbonyl (C=O) groups excluding carboxylic acids is 1. The Hall–Kier alpha value is -0.570. The summed E-state index contributed by atoms with van der Waals surface area (Å²) >= 11 is 0. The first-order valence-electron chi connectivity index (χ1n) is 5.84. The van der Waals surface area contributed by atoms with Gasteiger partial charge in [0.2, 0.25) is 5.91 Å². The quantitative estimate of drug-likeness (QED) is 0.666. The van der Waals surface area contributed by atoms with Crippen LogP contribution in [-0.4, -0.2) is 25.0 Å². The highest BCUT2D eigenvalue weighted by Gasteiger charge is 2.20. The monoisotopic (exact) mass is 196 g/mol. The van der Waals surface area contributed by atoms with Crippen LogP contribution in [-0.2, 0) is 4.79 Å². The first-order chi connectivity index (χ1) is 6.84. The van der Waals surface area contributed by atoms with Crippen molar-refractivity contribution in [1.29, 1.82) is 0 Å². The van der Waals surface area contributed by atoms with Crippen molar-refractivity contribution in [1.82, 2.24) is 10.6 Å². The predicted molar refractivity (Wildman–Crippen MR) is 56.0 cm³/mol. The first kappa shape index (κ1) is 9.97. The third-order valence-corrected chi connectivity index (χ3v) is 3.18. The molecule has 3 heteroatoms. The number of amides is 1. The van der Waals surface area contributed by atoms with E-state index in [0.29, 0.717) is 6.42 Å². The van der Waals surface area contributed by atoms with Crippen LogP contribution in [0.25, 0.3) is 0 Å². The van der Waals surface area contributed by atoms with Crippen molar-refractivity contribution in [2.75, 3.05) is 13.1 Å². The summed E-state index contributed by atoms with van der Waals surface area (Å²) in [4.78, 5) is 11.3. The Labute approximate surface area is 85.6 Å². The normalized spacial score (nSPS) is 21.7. The Morgan fingerprint density at radius 2 is 2.00 bits per heavy atom. The fourth-order valence-electron chi connectivity index (χ4n) is 1.72. The maximum Gasteiger partial charge on any atom is 0.221 e. The molecule has 2 fully saturated rings. The minimum Gasteiger partial charge on any atom is -0.356 e. The molecule has 0 heterocycles. The van der Waals surface area contributed by atoms with Crippen molar-refractivity contribution >= 4 is 5.91 Å². The minimum atomic E-state index is 0.213. The Bertz CT molecular complexity index is 197. The minimum absolute atomic E-state index is 0.213. The lowest BCUT2D eigenvalue weighted by atomic mass is 9.85. The summed E-state index contributed by atoms with van der Waals surface area (Å²) < 4.78 is 0. The summed E-state index contributed by atoms with van der Waals surface area (Å²) in [7, 11) is 0. The fourth-order valence-corrected chi connectivity index (χ4v) is 1.72. The van der Waals surface area contributed by atoms with Gasteiger partial charge in [-0.2, -0.15) is 0 Å². The average Bonchev–Trinajstić information content (AvgIpc) is 2.85. The highest BCUT2D eigenvalue weighted by atomic mass is 16.1. The molecule has 3 nitrogen and oxygen atoms in total. The van der Waals surface area contributed by atoms with Crippen molar-refractivity contribution in [3.8, 4) is 0 Å². The zero-order chi connectivity index (χ0) is 9.80. The molecular weight excluding hydrogens is 176 g/mol. The lowest BCUT2D eigenvalue weighted by molar-refractivity contribution is -0.121. The van der Waals surface area contributed by atoms with Gasteiger partial charge in [0.25, 0.3) is 0 Å². The average molecular weight is 196 g/mol. The van der Waals surface area contributed by atoms with Crippen LogP contribution < -0.4 is 10.6 Å². The van der Waals surface area contributed by atoms with Gasteiger partial charge in [0.15, 0.2) is 0 Å². The van der Waals surface area contributed by atoms with E-state index in [1.54, 1.807) is 0 Å². The summed E-state index contributed by atoms with van der Waals surface area (Å²) in [6.07, 6.45) is 7.20. The molecular formula is C11H20N2O. The number of hydrogen-bond donors (Lipinski definition) is 2. The molecule has 80 valence electrons. The van der Waals surface area contributed by atoms with Gasteiger partial charge >= 0.3 is 0 Å². The smallest absolute Gasteiger partial charge is 0.221 e. The number of hydrogen-bond acceptors (Lipinski definition) is 2. The number of rotatable bonds is 6. The van der Waals surface area contributed by atoms with E-state index in [4.69, 9.17) is 0 Å². The maximum atomic E-state index is 11.3. The second-order valence-corrected chi connectivity index (χ2v) is 4.58. The van der Waals surface area contributed by atoms with Crippen molar-refractivity contribution in [2.24, 2.45) is 5.92 Å². The summed E-state index contributed by atoms with van der Waals surface area (Å²) in [5.74, 6) is 0.986. The van der Waals surface area contributed by atoms with Crippen LogP contribution >= 0.6 is 0 Å². The molecule has 2 rings (SSSR count).